The van der Waals surface area contributed by atoms with Crippen molar-refractivity contribution >= 4 is 0 Å². The number of aryl methyl sites for hydroxylation is 1. The van der Waals surface area contributed by atoms with Crippen LogP contribution in [-0.2, 0) is 0 Å². The van der Waals surface area contributed by atoms with Crippen LogP contribution >= 0.6 is 0 Å². The Hall–Kier alpha value is -1.82. The second-order valence-electron chi connectivity index (χ2n) is 5.06. The van der Waals surface area contributed by atoms with Crippen molar-refractivity contribution in [1.29, 1.82) is 0 Å². The average molecular weight is 279 g/mol. The molecule has 20 heavy (non-hydrogen) atoms. The van der Waals surface area contributed by atoms with Gasteiger partial charge in [-0.3, -0.25) is 0 Å². The standard InChI is InChI=1S/C14H15F2N3O/c1-8-6-10(12(16)7-11(8)15)14-18-13(19-20-14)9-2-4-17-5-3-9/h6-7,9,17H,2-5H2,1H3. The molecule has 3 rings (SSSR count). The van der Waals surface area contributed by atoms with Gasteiger partial charge in [-0.25, -0.2) is 8.78 Å². The quantitative estimate of drug-likeness (QED) is 0.918. The summed E-state index contributed by atoms with van der Waals surface area (Å²) in [6.07, 6.45) is 1.87. The third kappa shape index (κ3) is 2.43. The normalized spacial score (nSPS) is 16.6. The molecule has 1 aromatic heterocycles. The van der Waals surface area contributed by atoms with Gasteiger partial charge in [-0.15, -0.1) is 0 Å². The van der Waals surface area contributed by atoms with Crippen LogP contribution in [0.3, 0.4) is 0 Å². The minimum absolute atomic E-state index is 0.110. The van der Waals surface area contributed by atoms with Crippen LogP contribution in [0.25, 0.3) is 11.5 Å². The van der Waals surface area contributed by atoms with Crippen molar-refractivity contribution in [2.24, 2.45) is 0 Å². The summed E-state index contributed by atoms with van der Waals surface area (Å²) in [5.74, 6) is -0.321. The van der Waals surface area contributed by atoms with E-state index in [4.69, 9.17) is 4.52 Å². The van der Waals surface area contributed by atoms with Gasteiger partial charge in [0.25, 0.3) is 5.89 Å². The predicted molar refractivity (Wildman–Crippen MR) is 69.2 cm³/mol. The van der Waals surface area contributed by atoms with Gasteiger partial charge in [0.15, 0.2) is 5.82 Å². The van der Waals surface area contributed by atoms with Gasteiger partial charge < -0.3 is 9.84 Å². The Kier molecular flexibility index (Phi) is 3.48. The van der Waals surface area contributed by atoms with E-state index < -0.39 is 11.6 Å². The first-order chi connectivity index (χ1) is 9.65. The van der Waals surface area contributed by atoms with E-state index in [0.717, 1.165) is 32.0 Å². The summed E-state index contributed by atoms with van der Waals surface area (Å²) in [7, 11) is 0. The van der Waals surface area contributed by atoms with Crippen LogP contribution in [0.4, 0.5) is 8.78 Å². The average Bonchev–Trinajstić information content (AvgIpc) is 2.93. The molecule has 1 saturated heterocycles. The van der Waals surface area contributed by atoms with Crippen molar-refractivity contribution in [2.75, 3.05) is 13.1 Å². The maximum absolute atomic E-state index is 13.8. The fourth-order valence-corrected chi connectivity index (χ4v) is 2.41. The Morgan fingerprint density at radius 2 is 1.95 bits per heavy atom. The van der Waals surface area contributed by atoms with E-state index in [1.165, 1.54) is 6.07 Å². The molecule has 4 nitrogen and oxygen atoms in total. The van der Waals surface area contributed by atoms with E-state index in [2.05, 4.69) is 15.5 Å². The van der Waals surface area contributed by atoms with E-state index >= 15 is 0 Å². The van der Waals surface area contributed by atoms with E-state index in [1.54, 1.807) is 6.92 Å². The van der Waals surface area contributed by atoms with Gasteiger partial charge in [-0.05, 0) is 44.5 Å². The molecule has 1 aromatic carbocycles. The maximum atomic E-state index is 13.8. The Labute approximate surface area is 115 Å². The summed E-state index contributed by atoms with van der Waals surface area (Å²) in [6, 6.07) is 2.24. The van der Waals surface area contributed by atoms with Gasteiger partial charge in [-0.1, -0.05) is 5.16 Å². The molecule has 6 heteroatoms. The van der Waals surface area contributed by atoms with Crippen LogP contribution in [0.2, 0.25) is 0 Å². The van der Waals surface area contributed by atoms with Crippen LogP contribution < -0.4 is 5.32 Å². The first-order valence-corrected chi connectivity index (χ1v) is 6.65. The van der Waals surface area contributed by atoms with Crippen LogP contribution in [0, 0.1) is 18.6 Å². The van der Waals surface area contributed by atoms with Crippen LogP contribution in [0.15, 0.2) is 16.7 Å². The van der Waals surface area contributed by atoms with Gasteiger partial charge in [0.1, 0.15) is 11.6 Å². The van der Waals surface area contributed by atoms with Crippen molar-refractivity contribution in [3.8, 4) is 11.5 Å². The Bertz CT molecular complexity index is 621. The maximum Gasteiger partial charge on any atom is 0.260 e. The molecule has 0 amide bonds. The van der Waals surface area contributed by atoms with Crippen molar-refractivity contribution in [3.05, 3.63) is 35.2 Å². The Balaban J connectivity index is 1.91. The summed E-state index contributed by atoms with van der Waals surface area (Å²) in [5.41, 5.74) is 0.500. The number of aromatic nitrogens is 2. The second-order valence-corrected chi connectivity index (χ2v) is 5.06. The predicted octanol–water partition coefficient (Wildman–Crippen LogP) is 2.79. The SMILES string of the molecule is Cc1cc(-c2nc(C3CCNCC3)no2)c(F)cc1F. The van der Waals surface area contributed by atoms with Crippen LogP contribution in [0.1, 0.15) is 30.1 Å². The third-order valence-electron chi connectivity index (χ3n) is 3.62. The largest absolute Gasteiger partial charge is 0.334 e. The van der Waals surface area contributed by atoms with Crippen LogP contribution in [-0.4, -0.2) is 23.2 Å². The molecule has 0 spiro atoms. The molecule has 0 saturated carbocycles. The molecule has 106 valence electrons. The molecule has 0 radical (unpaired) electrons. The zero-order valence-electron chi connectivity index (χ0n) is 11.1. The van der Waals surface area contributed by atoms with Crippen molar-refractivity contribution in [3.63, 3.8) is 0 Å². The summed E-state index contributed by atoms with van der Waals surface area (Å²) < 4.78 is 32.2. The number of rotatable bonds is 2. The fourth-order valence-electron chi connectivity index (χ4n) is 2.41. The minimum Gasteiger partial charge on any atom is -0.334 e. The highest BCUT2D eigenvalue weighted by molar-refractivity contribution is 5.55. The summed E-state index contributed by atoms with van der Waals surface area (Å²) >= 11 is 0. The zero-order chi connectivity index (χ0) is 14.1. The number of halogens is 2. The summed E-state index contributed by atoms with van der Waals surface area (Å²) in [5, 5.41) is 7.19. The number of nitrogens with one attached hydrogen (secondary N) is 1. The second kappa shape index (κ2) is 5.28. The fraction of sp³-hybridized carbons (Fsp3) is 0.429. The number of nitrogens with zero attached hydrogens (tertiary/aromatic N) is 2. The lowest BCUT2D eigenvalue weighted by Crippen LogP contribution is -2.27. The van der Waals surface area contributed by atoms with Gasteiger partial charge >= 0.3 is 0 Å². The summed E-state index contributed by atoms with van der Waals surface area (Å²) in [4.78, 5) is 4.27. The molecule has 1 aliphatic rings. The van der Waals surface area contributed by atoms with Gasteiger partial charge in [0.2, 0.25) is 0 Å². The molecule has 0 aliphatic carbocycles. The lowest BCUT2D eigenvalue weighted by Gasteiger charge is -2.18. The highest BCUT2D eigenvalue weighted by Crippen LogP contribution is 2.28. The van der Waals surface area contributed by atoms with E-state index in [0.29, 0.717) is 11.4 Å². The zero-order valence-corrected chi connectivity index (χ0v) is 11.1. The Morgan fingerprint density at radius 1 is 1.20 bits per heavy atom. The molecule has 1 aliphatic heterocycles. The number of benzene rings is 1. The monoisotopic (exact) mass is 279 g/mol. The molecule has 1 fully saturated rings. The topological polar surface area (TPSA) is 51.0 Å². The Morgan fingerprint density at radius 3 is 2.70 bits per heavy atom. The third-order valence-corrected chi connectivity index (χ3v) is 3.62. The highest BCUT2D eigenvalue weighted by Gasteiger charge is 2.22. The smallest absolute Gasteiger partial charge is 0.260 e. The van der Waals surface area contributed by atoms with Gasteiger partial charge in [-0.2, -0.15) is 4.98 Å². The van der Waals surface area contributed by atoms with Crippen molar-refractivity contribution < 1.29 is 13.3 Å². The molecular weight excluding hydrogens is 264 g/mol. The van der Waals surface area contributed by atoms with Crippen LogP contribution in [0.5, 0.6) is 0 Å². The van der Waals surface area contributed by atoms with Gasteiger partial charge in [0.05, 0.1) is 5.56 Å². The van der Waals surface area contributed by atoms with E-state index in [-0.39, 0.29) is 17.4 Å². The van der Waals surface area contributed by atoms with Gasteiger partial charge in [0, 0.05) is 12.0 Å². The molecule has 2 aromatic rings. The number of piperidine rings is 1. The summed E-state index contributed by atoms with van der Waals surface area (Å²) in [6.45, 7) is 3.40. The van der Waals surface area contributed by atoms with E-state index in [1.807, 2.05) is 0 Å². The molecule has 0 bridgehead atoms. The number of hydrogen-bond donors (Lipinski definition) is 1. The lowest BCUT2D eigenvalue weighted by atomic mass is 9.98. The van der Waals surface area contributed by atoms with Crippen molar-refractivity contribution in [1.82, 2.24) is 15.5 Å². The molecule has 2 heterocycles. The molecule has 0 atom stereocenters. The number of hydrogen-bond acceptors (Lipinski definition) is 4. The minimum atomic E-state index is -0.686. The lowest BCUT2D eigenvalue weighted by molar-refractivity contribution is 0.391. The molecule has 0 unspecified atom stereocenters. The van der Waals surface area contributed by atoms with Crippen molar-refractivity contribution in [2.45, 2.75) is 25.7 Å². The highest BCUT2D eigenvalue weighted by atomic mass is 19.1. The first-order valence-electron chi connectivity index (χ1n) is 6.65. The molecule has 1 N–H and O–H groups in total. The van der Waals surface area contributed by atoms with E-state index in [9.17, 15) is 8.78 Å². The first kappa shape index (κ1) is 13.2. The molecular formula is C14H15F2N3O.